The van der Waals surface area contributed by atoms with Crippen molar-refractivity contribution in [3.05, 3.63) is 108 Å². The molecule has 0 saturated carbocycles. The van der Waals surface area contributed by atoms with Crippen LogP contribution in [-0.2, 0) is 16.1 Å². The number of rotatable bonds is 7. The molecular formula is C23H20N2O3. The zero-order valence-electron chi connectivity index (χ0n) is 15.2. The van der Waals surface area contributed by atoms with Gasteiger partial charge in [0.2, 0.25) is 5.91 Å². The van der Waals surface area contributed by atoms with Crippen LogP contribution in [0.1, 0.15) is 16.9 Å². The molecule has 0 unspecified atom stereocenters. The van der Waals surface area contributed by atoms with Crippen LogP contribution in [0.25, 0.3) is 12.2 Å². The van der Waals surface area contributed by atoms with Crippen molar-refractivity contribution in [2.24, 2.45) is 0 Å². The van der Waals surface area contributed by atoms with Gasteiger partial charge >= 0.3 is 0 Å². The molecule has 5 nitrogen and oxygen atoms in total. The predicted octanol–water partition coefficient (Wildman–Crippen LogP) is 3.77. The topological polar surface area (TPSA) is 71.3 Å². The van der Waals surface area contributed by atoms with E-state index in [-0.39, 0.29) is 5.70 Å². The average molecular weight is 372 g/mol. The molecule has 0 saturated heterocycles. The lowest BCUT2D eigenvalue weighted by Crippen LogP contribution is -2.33. The van der Waals surface area contributed by atoms with E-state index in [0.29, 0.717) is 12.3 Å². The van der Waals surface area contributed by atoms with Crippen LogP contribution in [0.4, 0.5) is 0 Å². The molecule has 0 radical (unpaired) electrons. The maximum absolute atomic E-state index is 12.6. The molecule has 3 rings (SSSR count). The molecule has 3 aromatic rings. The third-order valence-electron chi connectivity index (χ3n) is 3.85. The van der Waals surface area contributed by atoms with E-state index in [1.807, 2.05) is 60.7 Å². The van der Waals surface area contributed by atoms with Crippen LogP contribution in [0.3, 0.4) is 0 Å². The summed E-state index contributed by atoms with van der Waals surface area (Å²) in [6.45, 7) is 0.352. The van der Waals surface area contributed by atoms with Gasteiger partial charge in [0.25, 0.3) is 5.91 Å². The molecular weight excluding hydrogens is 352 g/mol. The van der Waals surface area contributed by atoms with Gasteiger partial charge in [-0.2, -0.15) is 0 Å². The Hall–Kier alpha value is -3.86. The van der Waals surface area contributed by atoms with E-state index in [0.717, 1.165) is 11.1 Å². The summed E-state index contributed by atoms with van der Waals surface area (Å²) < 4.78 is 5.26. The summed E-state index contributed by atoms with van der Waals surface area (Å²) >= 11 is 0. The van der Waals surface area contributed by atoms with Crippen LogP contribution in [0.2, 0.25) is 0 Å². The second-order valence-electron chi connectivity index (χ2n) is 5.97. The fourth-order valence-electron chi connectivity index (χ4n) is 2.46. The molecule has 2 N–H and O–H groups in total. The molecule has 0 aliphatic heterocycles. The number of hydrogen-bond donors (Lipinski definition) is 2. The van der Waals surface area contributed by atoms with E-state index in [9.17, 15) is 9.59 Å². The van der Waals surface area contributed by atoms with Crippen LogP contribution in [0.15, 0.2) is 95.2 Å². The zero-order valence-corrected chi connectivity index (χ0v) is 15.2. The molecule has 0 aliphatic carbocycles. The normalized spacial score (nSPS) is 11.4. The minimum Gasteiger partial charge on any atom is -0.465 e. The minimum absolute atomic E-state index is 0.105. The lowest BCUT2D eigenvalue weighted by molar-refractivity contribution is -0.121. The van der Waals surface area contributed by atoms with Gasteiger partial charge < -0.3 is 15.1 Å². The van der Waals surface area contributed by atoms with Crippen molar-refractivity contribution in [1.29, 1.82) is 0 Å². The van der Waals surface area contributed by atoms with Crippen molar-refractivity contribution in [3.63, 3.8) is 0 Å². The molecule has 0 fully saturated rings. The molecule has 0 bridgehead atoms. The quantitative estimate of drug-likeness (QED) is 0.620. The molecule has 0 aliphatic rings. The Morgan fingerprint density at radius 2 is 1.61 bits per heavy atom. The van der Waals surface area contributed by atoms with Gasteiger partial charge in [-0.25, -0.2) is 0 Å². The van der Waals surface area contributed by atoms with E-state index in [1.54, 1.807) is 18.2 Å². The van der Waals surface area contributed by atoms with E-state index in [4.69, 9.17) is 4.42 Å². The Kier molecular flexibility index (Phi) is 6.57. The summed E-state index contributed by atoms with van der Waals surface area (Å²) in [7, 11) is 0. The molecule has 2 aromatic carbocycles. The first kappa shape index (κ1) is 18.9. The first-order valence-corrected chi connectivity index (χ1v) is 8.82. The number of amides is 2. The lowest BCUT2D eigenvalue weighted by Gasteiger charge is -2.09. The van der Waals surface area contributed by atoms with E-state index < -0.39 is 11.8 Å². The minimum atomic E-state index is -0.406. The Labute approximate surface area is 163 Å². The fraction of sp³-hybridized carbons (Fsp3) is 0.0435. The van der Waals surface area contributed by atoms with Gasteiger partial charge in [0.05, 0.1) is 6.26 Å². The average Bonchev–Trinajstić information content (AvgIpc) is 3.25. The highest BCUT2D eigenvalue weighted by molar-refractivity contribution is 6.04. The summed E-state index contributed by atoms with van der Waals surface area (Å²) in [6.07, 6.45) is 6.06. The molecule has 1 heterocycles. The van der Waals surface area contributed by atoms with E-state index in [1.165, 1.54) is 18.4 Å². The smallest absolute Gasteiger partial charge is 0.268 e. The van der Waals surface area contributed by atoms with E-state index in [2.05, 4.69) is 10.6 Å². The Morgan fingerprint density at radius 3 is 2.29 bits per heavy atom. The molecule has 0 atom stereocenters. The van der Waals surface area contributed by atoms with Crippen LogP contribution in [0.5, 0.6) is 0 Å². The Bertz CT molecular complexity index is 960. The second kappa shape index (κ2) is 9.73. The SMILES string of the molecule is O=C(C=Cc1ccccc1)NC(=Cc1ccco1)C(=O)NCc1ccccc1. The van der Waals surface area contributed by atoms with Crippen LogP contribution in [0, 0.1) is 0 Å². The number of nitrogens with one attached hydrogen (secondary N) is 2. The van der Waals surface area contributed by atoms with Gasteiger partial charge in [0.1, 0.15) is 11.5 Å². The first-order valence-electron chi connectivity index (χ1n) is 8.82. The summed E-state index contributed by atoms with van der Waals surface area (Å²) in [5.74, 6) is -0.338. The van der Waals surface area contributed by atoms with Gasteiger partial charge in [-0.05, 0) is 29.3 Å². The summed E-state index contributed by atoms with van der Waals surface area (Å²) in [4.78, 5) is 24.9. The van der Waals surface area contributed by atoms with Gasteiger partial charge in [0, 0.05) is 18.7 Å². The standard InChI is InChI=1S/C23H20N2O3/c26-22(14-13-18-8-3-1-4-9-18)25-21(16-20-12-7-15-28-20)23(27)24-17-19-10-5-2-6-11-19/h1-16H,17H2,(H,24,27)(H,25,26). The van der Waals surface area contributed by atoms with Gasteiger partial charge in [-0.3, -0.25) is 9.59 Å². The van der Waals surface area contributed by atoms with Crippen molar-refractivity contribution >= 4 is 24.0 Å². The highest BCUT2D eigenvalue weighted by Gasteiger charge is 2.12. The van der Waals surface area contributed by atoms with Gasteiger partial charge in [-0.15, -0.1) is 0 Å². The largest absolute Gasteiger partial charge is 0.465 e. The highest BCUT2D eigenvalue weighted by atomic mass is 16.3. The summed E-state index contributed by atoms with van der Waals surface area (Å²) in [5.41, 5.74) is 1.96. The van der Waals surface area contributed by atoms with Crippen molar-refractivity contribution in [3.8, 4) is 0 Å². The predicted molar refractivity (Wildman–Crippen MR) is 109 cm³/mol. The third-order valence-corrected chi connectivity index (χ3v) is 3.85. The Morgan fingerprint density at radius 1 is 0.893 bits per heavy atom. The first-order chi connectivity index (χ1) is 13.7. The zero-order chi connectivity index (χ0) is 19.6. The van der Waals surface area contributed by atoms with Crippen molar-refractivity contribution in [2.75, 3.05) is 0 Å². The van der Waals surface area contributed by atoms with Gasteiger partial charge in [-0.1, -0.05) is 60.7 Å². The van der Waals surface area contributed by atoms with Crippen LogP contribution in [-0.4, -0.2) is 11.8 Å². The third kappa shape index (κ3) is 5.85. The van der Waals surface area contributed by atoms with Crippen molar-refractivity contribution < 1.29 is 14.0 Å². The monoisotopic (exact) mass is 372 g/mol. The molecule has 2 amide bonds. The molecule has 5 heteroatoms. The highest BCUT2D eigenvalue weighted by Crippen LogP contribution is 2.07. The Balaban J connectivity index is 1.69. The number of carbonyl (C=O) groups is 2. The molecule has 0 spiro atoms. The summed E-state index contributed by atoms with van der Waals surface area (Å²) in [5, 5.41) is 5.43. The van der Waals surface area contributed by atoms with Crippen LogP contribution < -0.4 is 10.6 Å². The second-order valence-corrected chi connectivity index (χ2v) is 5.97. The van der Waals surface area contributed by atoms with Crippen LogP contribution >= 0.6 is 0 Å². The summed E-state index contributed by atoms with van der Waals surface area (Å²) in [6, 6.07) is 22.4. The maximum atomic E-state index is 12.6. The number of hydrogen-bond acceptors (Lipinski definition) is 3. The molecule has 1 aromatic heterocycles. The number of carbonyl (C=O) groups excluding carboxylic acids is 2. The maximum Gasteiger partial charge on any atom is 0.268 e. The van der Waals surface area contributed by atoms with Crippen molar-refractivity contribution in [2.45, 2.75) is 6.54 Å². The van der Waals surface area contributed by atoms with Crippen molar-refractivity contribution in [1.82, 2.24) is 10.6 Å². The lowest BCUT2D eigenvalue weighted by atomic mass is 10.2. The fourth-order valence-corrected chi connectivity index (χ4v) is 2.46. The number of furan rings is 1. The molecule has 140 valence electrons. The molecule has 28 heavy (non-hydrogen) atoms. The van der Waals surface area contributed by atoms with E-state index >= 15 is 0 Å². The number of benzene rings is 2. The van der Waals surface area contributed by atoms with Gasteiger partial charge in [0.15, 0.2) is 0 Å².